The molecule has 6 atom stereocenters. The van der Waals surface area contributed by atoms with E-state index in [0.29, 0.717) is 5.69 Å². The lowest BCUT2D eigenvalue weighted by molar-refractivity contribution is -0.156. The van der Waals surface area contributed by atoms with Crippen molar-refractivity contribution in [1.82, 2.24) is 4.90 Å². The highest BCUT2D eigenvalue weighted by atomic mass is 16.5. The molecule has 1 fully saturated rings. The molecule has 4 rings (SSSR count). The van der Waals surface area contributed by atoms with Crippen LogP contribution in [0.2, 0.25) is 0 Å². The van der Waals surface area contributed by atoms with Gasteiger partial charge in [0.2, 0.25) is 11.8 Å². The largest absolute Gasteiger partial charge is 0.466 e. The third kappa shape index (κ3) is 4.69. The fourth-order valence-corrected chi connectivity index (χ4v) is 5.66. The number of allylic oxidation sites excluding steroid dienone is 1. The Balaban J connectivity index is 1.69. The van der Waals surface area contributed by atoms with Crippen LogP contribution >= 0.6 is 0 Å². The predicted octanol–water partition coefficient (Wildman–Crippen LogP) is 3.77. The number of carbonyl (C=O) groups is 3. The molecule has 2 aromatic rings. The zero-order valence-electron chi connectivity index (χ0n) is 20.5. The van der Waals surface area contributed by atoms with Crippen LogP contribution in [0.5, 0.6) is 0 Å². The first-order valence-corrected chi connectivity index (χ1v) is 12.5. The number of carbonyl (C=O) groups excluding carboxylic acids is 3. The molecule has 7 heteroatoms. The van der Waals surface area contributed by atoms with Gasteiger partial charge in [-0.3, -0.25) is 14.4 Å². The zero-order valence-corrected chi connectivity index (χ0v) is 20.5. The summed E-state index contributed by atoms with van der Waals surface area (Å²) >= 11 is 0. The molecular formula is C28H34N2O5. The van der Waals surface area contributed by atoms with E-state index in [-0.39, 0.29) is 30.9 Å². The first-order chi connectivity index (χ1) is 16.9. The number of esters is 1. The van der Waals surface area contributed by atoms with E-state index in [4.69, 9.17) is 4.74 Å². The summed E-state index contributed by atoms with van der Waals surface area (Å²) < 4.78 is 5.38. The van der Waals surface area contributed by atoms with Crippen molar-refractivity contribution in [2.75, 3.05) is 18.5 Å². The zero-order chi connectivity index (χ0) is 25.1. The number of nitrogens with one attached hydrogen (secondary N) is 1. The summed E-state index contributed by atoms with van der Waals surface area (Å²) in [6.45, 7) is 5.46. The van der Waals surface area contributed by atoms with Crippen LogP contribution in [0.25, 0.3) is 10.8 Å². The van der Waals surface area contributed by atoms with Gasteiger partial charge in [-0.25, -0.2) is 0 Å². The number of ether oxygens (including phenoxy) is 1. The van der Waals surface area contributed by atoms with Gasteiger partial charge < -0.3 is 20.1 Å². The number of likely N-dealkylation sites (tertiary alicyclic amines) is 1. The van der Waals surface area contributed by atoms with Crippen molar-refractivity contribution in [3.63, 3.8) is 0 Å². The van der Waals surface area contributed by atoms with Crippen molar-refractivity contribution in [2.24, 2.45) is 23.7 Å². The summed E-state index contributed by atoms with van der Waals surface area (Å²) in [6, 6.07) is 12.1. The van der Waals surface area contributed by atoms with Crippen molar-refractivity contribution < 1.29 is 24.2 Å². The lowest BCUT2D eigenvalue weighted by Gasteiger charge is -2.34. The van der Waals surface area contributed by atoms with Crippen molar-refractivity contribution in [2.45, 2.75) is 45.7 Å². The minimum atomic E-state index is -0.836. The molecule has 2 amide bonds. The molecule has 35 heavy (non-hydrogen) atoms. The van der Waals surface area contributed by atoms with Gasteiger partial charge in [0.1, 0.15) is 6.04 Å². The number of nitrogens with zero attached hydrogens (tertiary/aromatic N) is 1. The molecule has 0 unspecified atom stereocenters. The van der Waals surface area contributed by atoms with Crippen molar-refractivity contribution in [3.8, 4) is 0 Å². The third-order valence-electron chi connectivity index (χ3n) is 7.25. The number of aliphatic hydroxyl groups excluding tert-OH is 1. The number of fused-ring (bicyclic) bond motifs is 2. The van der Waals surface area contributed by atoms with Crippen LogP contribution < -0.4 is 5.32 Å². The second-order valence-electron chi connectivity index (χ2n) is 9.49. The summed E-state index contributed by atoms with van der Waals surface area (Å²) in [5.41, 5.74) is 0.631. The number of aliphatic hydroxyl groups is 1. The van der Waals surface area contributed by atoms with Crippen LogP contribution in [-0.4, -0.2) is 53.1 Å². The number of amides is 2. The molecule has 0 bridgehead atoms. The van der Waals surface area contributed by atoms with Gasteiger partial charge in [-0.15, -0.1) is 0 Å². The number of rotatable bonds is 8. The smallest absolute Gasteiger partial charge is 0.310 e. The Bertz CT molecular complexity index is 1130. The maximum Gasteiger partial charge on any atom is 0.310 e. The van der Waals surface area contributed by atoms with E-state index in [2.05, 4.69) is 5.32 Å². The molecule has 0 spiro atoms. The van der Waals surface area contributed by atoms with Crippen molar-refractivity contribution in [3.05, 3.63) is 54.6 Å². The van der Waals surface area contributed by atoms with Crippen LogP contribution in [0.15, 0.2) is 54.6 Å². The lowest BCUT2D eigenvalue weighted by Crippen LogP contribution is -2.49. The van der Waals surface area contributed by atoms with Gasteiger partial charge >= 0.3 is 5.97 Å². The monoisotopic (exact) mass is 478 g/mol. The Labute approximate surface area is 206 Å². The number of hydrogen-bond donors (Lipinski definition) is 2. The summed E-state index contributed by atoms with van der Waals surface area (Å²) in [5, 5.41) is 14.9. The number of benzene rings is 2. The molecule has 2 aliphatic rings. The molecule has 1 heterocycles. The molecule has 1 saturated heterocycles. The molecule has 1 aliphatic carbocycles. The Morgan fingerprint density at radius 1 is 1.11 bits per heavy atom. The SMILES string of the molecule is CCC[C@@H]1C=C[C@H]2[C@H](C(=O)N([C@H](C)CO)[C@@H]2C(=O)Nc2ccc3ccccc3c2)[C@@H]1C(=O)OCC. The van der Waals surface area contributed by atoms with Crippen LogP contribution in [0, 0.1) is 23.7 Å². The van der Waals surface area contributed by atoms with E-state index in [1.807, 2.05) is 61.5 Å². The minimum Gasteiger partial charge on any atom is -0.466 e. The Kier molecular flexibility index (Phi) is 7.55. The van der Waals surface area contributed by atoms with Gasteiger partial charge in [-0.1, -0.05) is 55.8 Å². The Morgan fingerprint density at radius 3 is 2.54 bits per heavy atom. The standard InChI is InChI=1S/C28H34N2O5/c1-4-8-19-12-14-22-24(23(19)28(34)35-5-2)27(33)30(17(3)16-31)25(22)26(32)29-21-13-11-18-9-6-7-10-20(18)15-21/h6-7,9-15,17,19,22-25,31H,4-5,8,16H2,1-3H3,(H,29,32)/t17-,19-,22+,23-,24+,25+/m1/s1. The normalized spacial score (nSPS) is 26.5. The van der Waals surface area contributed by atoms with E-state index in [1.165, 1.54) is 4.90 Å². The minimum absolute atomic E-state index is 0.127. The first-order valence-electron chi connectivity index (χ1n) is 12.5. The van der Waals surface area contributed by atoms with Crippen LogP contribution in [0.4, 0.5) is 5.69 Å². The van der Waals surface area contributed by atoms with E-state index in [9.17, 15) is 19.5 Å². The molecular weight excluding hydrogens is 444 g/mol. The maximum atomic E-state index is 13.7. The van der Waals surface area contributed by atoms with E-state index < -0.39 is 35.8 Å². The average Bonchev–Trinajstić information content (AvgIpc) is 3.16. The average molecular weight is 479 g/mol. The fourth-order valence-electron chi connectivity index (χ4n) is 5.66. The maximum absolute atomic E-state index is 13.7. The lowest BCUT2D eigenvalue weighted by atomic mass is 9.69. The van der Waals surface area contributed by atoms with Crippen LogP contribution in [0.1, 0.15) is 33.6 Å². The van der Waals surface area contributed by atoms with E-state index >= 15 is 0 Å². The van der Waals surface area contributed by atoms with Gasteiger partial charge in [-0.05, 0) is 49.1 Å². The van der Waals surface area contributed by atoms with Crippen molar-refractivity contribution >= 4 is 34.2 Å². The highest BCUT2D eigenvalue weighted by Gasteiger charge is 2.58. The predicted molar refractivity (Wildman–Crippen MR) is 134 cm³/mol. The second-order valence-corrected chi connectivity index (χ2v) is 9.49. The molecule has 2 aromatic carbocycles. The fraction of sp³-hybridized carbons (Fsp3) is 0.464. The van der Waals surface area contributed by atoms with Crippen LogP contribution in [0.3, 0.4) is 0 Å². The van der Waals surface area contributed by atoms with Crippen LogP contribution in [-0.2, 0) is 19.1 Å². The molecule has 1 aliphatic heterocycles. The Hall–Kier alpha value is -3.19. The second kappa shape index (κ2) is 10.6. The van der Waals surface area contributed by atoms with Gasteiger partial charge in [0, 0.05) is 11.6 Å². The molecule has 7 nitrogen and oxygen atoms in total. The van der Waals surface area contributed by atoms with Gasteiger partial charge in [0.25, 0.3) is 0 Å². The molecule has 0 aromatic heterocycles. The van der Waals surface area contributed by atoms with Gasteiger partial charge in [-0.2, -0.15) is 0 Å². The van der Waals surface area contributed by atoms with Gasteiger partial charge in [0.15, 0.2) is 0 Å². The summed E-state index contributed by atoms with van der Waals surface area (Å²) in [7, 11) is 0. The van der Waals surface area contributed by atoms with Crippen molar-refractivity contribution in [1.29, 1.82) is 0 Å². The van der Waals surface area contributed by atoms with E-state index in [1.54, 1.807) is 13.8 Å². The molecule has 0 radical (unpaired) electrons. The quantitative estimate of drug-likeness (QED) is 0.445. The third-order valence-corrected chi connectivity index (χ3v) is 7.25. The van der Waals surface area contributed by atoms with E-state index in [0.717, 1.165) is 23.6 Å². The summed E-state index contributed by atoms with van der Waals surface area (Å²) in [5.74, 6) is -2.97. The topological polar surface area (TPSA) is 95.9 Å². The highest BCUT2D eigenvalue weighted by molar-refractivity contribution is 6.02. The van der Waals surface area contributed by atoms with Gasteiger partial charge in [0.05, 0.1) is 31.1 Å². The highest BCUT2D eigenvalue weighted by Crippen LogP contribution is 2.46. The number of hydrogen-bond acceptors (Lipinski definition) is 5. The molecule has 186 valence electrons. The summed E-state index contributed by atoms with van der Waals surface area (Å²) in [4.78, 5) is 41.9. The molecule has 0 saturated carbocycles. The first kappa shape index (κ1) is 24.9. The number of anilines is 1. The summed E-state index contributed by atoms with van der Waals surface area (Å²) in [6.07, 6.45) is 5.51. The Morgan fingerprint density at radius 2 is 1.86 bits per heavy atom. The molecule has 2 N–H and O–H groups in total.